The Kier molecular flexibility index (Phi) is 0.762. The predicted molar refractivity (Wildman–Crippen MR) is 35.3 cm³/mol. The molecule has 0 aromatic carbocycles. The molecule has 0 aliphatic carbocycles. The summed E-state index contributed by atoms with van der Waals surface area (Å²) in [5.41, 5.74) is 0. The van der Waals surface area contributed by atoms with Crippen LogP contribution in [-0.2, 0) is 19.0 Å². The lowest BCUT2D eigenvalue weighted by atomic mass is 9.81. The van der Waals surface area contributed by atoms with Crippen LogP contribution in [0.15, 0.2) is 0 Å². The van der Waals surface area contributed by atoms with E-state index in [1.807, 2.05) is 0 Å². The van der Waals surface area contributed by atoms with Crippen molar-refractivity contribution in [1.29, 1.82) is 0 Å². The topological polar surface area (TPSA) is 48.1 Å². The Hall–Kier alpha value is -0.610. The van der Waals surface area contributed by atoms with E-state index in [1.54, 1.807) is 0 Å². The molecule has 4 rings (SSSR count). The van der Waals surface area contributed by atoms with Crippen molar-refractivity contribution in [1.82, 2.24) is 0 Å². The summed E-state index contributed by atoms with van der Waals surface area (Å²) in [4.78, 5) is 11.3. The molecule has 0 aromatic heterocycles. The van der Waals surface area contributed by atoms with E-state index in [0.29, 0.717) is 6.61 Å². The molecule has 2 bridgehead atoms. The van der Waals surface area contributed by atoms with Gasteiger partial charge < -0.3 is 14.2 Å². The summed E-state index contributed by atoms with van der Waals surface area (Å²) in [6.07, 6.45) is 0.657. The zero-order valence-corrected chi connectivity index (χ0v) is 6.30. The number of ether oxygens (including phenoxy) is 3. The van der Waals surface area contributed by atoms with Gasteiger partial charge in [-0.05, 0) is 0 Å². The predicted octanol–water partition coefficient (Wildman–Crippen LogP) is -0.676. The second-order valence-electron chi connectivity index (χ2n) is 3.95. The first-order chi connectivity index (χ1) is 5.86. The van der Waals surface area contributed by atoms with E-state index in [2.05, 4.69) is 0 Å². The second kappa shape index (κ2) is 1.54. The Bertz CT molecular complexity index is 274. The Morgan fingerprint density at radius 1 is 1.08 bits per heavy atom. The van der Waals surface area contributed by atoms with Gasteiger partial charge in [-0.2, -0.15) is 0 Å². The van der Waals surface area contributed by atoms with Gasteiger partial charge >= 0.3 is 5.97 Å². The third-order valence-corrected chi connectivity index (χ3v) is 3.45. The fourth-order valence-electron chi connectivity index (χ4n) is 2.86. The first kappa shape index (κ1) is 5.94. The van der Waals surface area contributed by atoms with E-state index in [4.69, 9.17) is 14.2 Å². The third-order valence-electron chi connectivity index (χ3n) is 3.45. The molecule has 4 aliphatic rings. The second-order valence-corrected chi connectivity index (χ2v) is 3.95. The van der Waals surface area contributed by atoms with Crippen LogP contribution in [0.4, 0.5) is 0 Å². The number of rotatable bonds is 0. The first-order valence-corrected chi connectivity index (χ1v) is 4.34. The Morgan fingerprint density at radius 2 is 1.83 bits per heavy atom. The van der Waals surface area contributed by atoms with Crippen LogP contribution < -0.4 is 0 Å². The SMILES string of the molecule is O=C1OC[C@H]2[C@@H]3O[C@@H]([C@@H]4O[C@@H]43)[C@@H]12. The molecule has 0 spiro atoms. The lowest BCUT2D eigenvalue weighted by molar-refractivity contribution is -0.145. The Balaban J connectivity index is 1.80. The van der Waals surface area contributed by atoms with Gasteiger partial charge in [-0.15, -0.1) is 0 Å². The largest absolute Gasteiger partial charge is 0.465 e. The van der Waals surface area contributed by atoms with Gasteiger partial charge in [-0.3, -0.25) is 4.79 Å². The van der Waals surface area contributed by atoms with Crippen molar-refractivity contribution in [3.63, 3.8) is 0 Å². The van der Waals surface area contributed by atoms with Crippen molar-refractivity contribution in [2.45, 2.75) is 24.4 Å². The molecule has 12 heavy (non-hydrogen) atoms. The van der Waals surface area contributed by atoms with E-state index >= 15 is 0 Å². The van der Waals surface area contributed by atoms with Gasteiger partial charge in [0.2, 0.25) is 0 Å². The van der Waals surface area contributed by atoms with E-state index in [-0.39, 0.29) is 42.2 Å². The molecule has 0 unspecified atom stereocenters. The van der Waals surface area contributed by atoms with Crippen LogP contribution in [0.25, 0.3) is 0 Å². The molecule has 4 nitrogen and oxygen atoms in total. The van der Waals surface area contributed by atoms with Gasteiger partial charge in [-0.25, -0.2) is 0 Å². The number of esters is 1. The van der Waals surface area contributed by atoms with Gasteiger partial charge in [-0.1, -0.05) is 0 Å². The van der Waals surface area contributed by atoms with Crippen LogP contribution in [0, 0.1) is 11.8 Å². The quantitative estimate of drug-likeness (QED) is 0.355. The molecular formula is C8H8O4. The maximum atomic E-state index is 11.3. The monoisotopic (exact) mass is 168 g/mol. The van der Waals surface area contributed by atoms with Crippen molar-refractivity contribution in [2.24, 2.45) is 11.8 Å². The van der Waals surface area contributed by atoms with Crippen molar-refractivity contribution in [2.75, 3.05) is 6.61 Å². The molecule has 6 atom stereocenters. The zero-order chi connectivity index (χ0) is 7.87. The molecule has 64 valence electrons. The maximum absolute atomic E-state index is 11.3. The van der Waals surface area contributed by atoms with Gasteiger partial charge in [0.15, 0.2) is 0 Å². The summed E-state index contributed by atoms with van der Waals surface area (Å²) in [6.45, 7) is 0.539. The Morgan fingerprint density at radius 3 is 2.75 bits per heavy atom. The van der Waals surface area contributed by atoms with E-state index in [1.165, 1.54) is 0 Å². The summed E-state index contributed by atoms with van der Waals surface area (Å²) in [5, 5.41) is 0. The van der Waals surface area contributed by atoms with E-state index < -0.39 is 0 Å². The van der Waals surface area contributed by atoms with Crippen LogP contribution in [0.1, 0.15) is 0 Å². The third kappa shape index (κ3) is 0.448. The minimum Gasteiger partial charge on any atom is -0.465 e. The summed E-state index contributed by atoms with van der Waals surface area (Å²) in [5.74, 6) is 0.187. The normalized spacial score (nSPS) is 64.5. The molecule has 4 heteroatoms. The standard InChI is InChI=1S/C8H8O4/c9-8-3-2(1-10-8)4-6-7(12-6)5(3)11-4/h2-7H,1H2/t2-,3+,4+,5-,6-,7+/m1/s1. The summed E-state index contributed by atoms with van der Waals surface area (Å²) in [7, 11) is 0. The molecular weight excluding hydrogens is 160 g/mol. The van der Waals surface area contributed by atoms with Crippen molar-refractivity contribution in [3.8, 4) is 0 Å². The fraction of sp³-hybridized carbons (Fsp3) is 0.875. The van der Waals surface area contributed by atoms with Gasteiger partial charge in [0.05, 0.1) is 18.6 Å². The highest BCUT2D eigenvalue weighted by Gasteiger charge is 2.72. The van der Waals surface area contributed by atoms with Crippen LogP contribution >= 0.6 is 0 Å². The Labute approximate surface area is 68.8 Å². The minimum absolute atomic E-state index is 0.0139. The molecule has 4 aliphatic heterocycles. The van der Waals surface area contributed by atoms with Crippen LogP contribution in [0.2, 0.25) is 0 Å². The molecule has 0 radical (unpaired) electrons. The van der Waals surface area contributed by atoms with Gasteiger partial charge in [0.1, 0.15) is 18.3 Å². The minimum atomic E-state index is -0.0820. The number of carbonyl (C=O) groups excluding carboxylic acids is 1. The number of hydrogen-bond acceptors (Lipinski definition) is 4. The van der Waals surface area contributed by atoms with Crippen molar-refractivity contribution >= 4 is 5.97 Å². The number of epoxide rings is 1. The summed E-state index contributed by atoms with van der Waals surface area (Å²) < 4.78 is 16.0. The molecule has 4 heterocycles. The smallest absolute Gasteiger partial charge is 0.312 e. The number of carbonyl (C=O) groups is 1. The maximum Gasteiger partial charge on any atom is 0.312 e. The highest BCUT2D eigenvalue weighted by molar-refractivity contribution is 5.77. The van der Waals surface area contributed by atoms with Gasteiger partial charge in [0.25, 0.3) is 0 Å². The highest BCUT2D eigenvalue weighted by Crippen LogP contribution is 2.55. The lowest BCUT2D eigenvalue weighted by Crippen LogP contribution is -2.33. The van der Waals surface area contributed by atoms with Crippen LogP contribution in [-0.4, -0.2) is 37.0 Å². The van der Waals surface area contributed by atoms with E-state index in [9.17, 15) is 4.79 Å². The van der Waals surface area contributed by atoms with Crippen LogP contribution in [0.3, 0.4) is 0 Å². The van der Waals surface area contributed by atoms with Crippen molar-refractivity contribution in [3.05, 3.63) is 0 Å². The lowest BCUT2D eigenvalue weighted by Gasteiger charge is -2.11. The zero-order valence-electron chi connectivity index (χ0n) is 6.30. The van der Waals surface area contributed by atoms with Crippen LogP contribution in [0.5, 0.6) is 0 Å². The summed E-state index contributed by atoms with van der Waals surface area (Å²) >= 11 is 0. The first-order valence-electron chi connectivity index (χ1n) is 4.34. The van der Waals surface area contributed by atoms with E-state index in [0.717, 1.165) is 0 Å². The van der Waals surface area contributed by atoms with Gasteiger partial charge in [0, 0.05) is 5.92 Å². The number of hydrogen-bond donors (Lipinski definition) is 0. The molecule has 4 fully saturated rings. The summed E-state index contributed by atoms with van der Waals surface area (Å²) in [6, 6.07) is 0. The average molecular weight is 168 g/mol. The average Bonchev–Trinajstić information content (AvgIpc) is 2.50. The molecule has 0 amide bonds. The fourth-order valence-corrected chi connectivity index (χ4v) is 2.86. The highest BCUT2D eigenvalue weighted by atomic mass is 16.7. The molecule has 4 saturated heterocycles. The molecule has 0 aromatic rings. The molecule has 0 N–H and O–H groups in total. The van der Waals surface area contributed by atoms with Crippen molar-refractivity contribution < 1.29 is 19.0 Å². The number of fused-ring (bicyclic) bond motifs is 8. The number of cyclic esters (lactones) is 1. The molecule has 0 saturated carbocycles.